The van der Waals surface area contributed by atoms with E-state index < -0.39 is 0 Å². The Morgan fingerprint density at radius 2 is 1.79 bits per heavy atom. The molecule has 5 nitrogen and oxygen atoms in total. The van der Waals surface area contributed by atoms with Crippen LogP contribution in [0.4, 0.5) is 4.79 Å². The number of nitrogens with one attached hydrogen (secondary N) is 1. The molecule has 0 aromatic heterocycles. The maximum absolute atomic E-state index is 12.2. The van der Waals surface area contributed by atoms with Gasteiger partial charge in [0.05, 0.1) is 0 Å². The zero-order valence-corrected chi connectivity index (χ0v) is 13.7. The quantitative estimate of drug-likeness (QED) is 0.891. The summed E-state index contributed by atoms with van der Waals surface area (Å²) in [5.74, 6) is 1.15. The van der Waals surface area contributed by atoms with E-state index in [9.17, 15) is 9.59 Å². The van der Waals surface area contributed by atoms with E-state index in [0.29, 0.717) is 17.8 Å². The van der Waals surface area contributed by atoms with Crippen molar-refractivity contribution in [1.29, 1.82) is 0 Å². The van der Waals surface area contributed by atoms with E-state index in [2.05, 4.69) is 5.32 Å². The Labute approximate surface area is 141 Å². The lowest BCUT2D eigenvalue weighted by atomic mass is 9.47. The van der Waals surface area contributed by atoms with Gasteiger partial charge in [-0.2, -0.15) is 0 Å². The van der Waals surface area contributed by atoms with E-state index >= 15 is 0 Å². The molecule has 4 fully saturated rings. The lowest BCUT2D eigenvalue weighted by molar-refractivity contribution is -0.145. The lowest BCUT2D eigenvalue weighted by Gasteiger charge is -2.58. The number of carbonyl (C=O) groups excluding carboxylic acids is 2. The molecule has 2 amide bonds. The van der Waals surface area contributed by atoms with E-state index in [-0.39, 0.29) is 30.1 Å². The lowest BCUT2D eigenvalue weighted by Crippen LogP contribution is -2.62. The van der Waals surface area contributed by atoms with E-state index in [4.69, 9.17) is 10.5 Å². The highest BCUT2D eigenvalue weighted by Crippen LogP contribution is 2.59. The van der Waals surface area contributed by atoms with E-state index in [1.807, 2.05) is 30.3 Å². The highest BCUT2D eigenvalue weighted by Gasteiger charge is 2.58. The molecule has 1 aromatic rings. The van der Waals surface area contributed by atoms with E-state index in [1.54, 1.807) is 0 Å². The second kappa shape index (κ2) is 5.80. The first-order valence-corrected chi connectivity index (χ1v) is 8.83. The number of amides is 2. The van der Waals surface area contributed by atoms with Gasteiger partial charge in [-0.25, -0.2) is 4.79 Å². The maximum atomic E-state index is 12.2. The number of nitrogens with two attached hydrogens (primary N) is 1. The van der Waals surface area contributed by atoms with Crippen LogP contribution in [0.5, 0.6) is 0 Å². The van der Waals surface area contributed by atoms with Crippen molar-refractivity contribution >= 4 is 12.0 Å². The van der Waals surface area contributed by atoms with Gasteiger partial charge < -0.3 is 15.8 Å². The van der Waals surface area contributed by atoms with Gasteiger partial charge in [0, 0.05) is 11.5 Å². The Hall–Kier alpha value is -2.04. The number of ether oxygens (including phenoxy) is 1. The summed E-state index contributed by atoms with van der Waals surface area (Å²) < 4.78 is 5.37. The molecule has 4 aliphatic carbocycles. The Kier molecular flexibility index (Phi) is 3.74. The summed E-state index contributed by atoms with van der Waals surface area (Å²) in [5.41, 5.74) is 6.36. The van der Waals surface area contributed by atoms with Crippen LogP contribution in [-0.2, 0) is 16.1 Å². The molecular weight excluding hydrogens is 304 g/mol. The first kappa shape index (κ1) is 15.5. The molecular formula is C19H24N2O3. The summed E-state index contributed by atoms with van der Waals surface area (Å²) in [6, 6.07) is 9.79. The summed E-state index contributed by atoms with van der Waals surface area (Å²) in [6.07, 6.45) is 4.41. The van der Waals surface area contributed by atoms with Crippen molar-refractivity contribution in [2.24, 2.45) is 28.9 Å². The zero-order chi connectivity index (χ0) is 16.7. The van der Waals surface area contributed by atoms with Gasteiger partial charge in [0.1, 0.15) is 6.61 Å². The average molecular weight is 328 g/mol. The van der Waals surface area contributed by atoms with Gasteiger partial charge in [-0.15, -0.1) is 0 Å². The molecule has 4 saturated carbocycles. The van der Waals surface area contributed by atoms with Gasteiger partial charge in [0.25, 0.3) is 0 Å². The van der Waals surface area contributed by atoms with Crippen LogP contribution < -0.4 is 11.1 Å². The van der Waals surface area contributed by atoms with Crippen molar-refractivity contribution in [2.45, 2.75) is 44.8 Å². The molecule has 5 atom stereocenters. The van der Waals surface area contributed by atoms with Gasteiger partial charge >= 0.3 is 6.09 Å². The molecule has 3 N–H and O–H groups in total. The molecule has 1 aromatic carbocycles. The molecule has 0 heterocycles. The largest absolute Gasteiger partial charge is 0.445 e. The molecule has 4 aliphatic rings. The third-order valence-corrected chi connectivity index (χ3v) is 6.29. The minimum atomic E-state index is -0.357. The molecule has 0 aliphatic heterocycles. The Balaban J connectivity index is 1.38. The van der Waals surface area contributed by atoms with Crippen LogP contribution in [0.25, 0.3) is 0 Å². The fourth-order valence-corrected chi connectivity index (χ4v) is 5.46. The molecule has 0 spiro atoms. The zero-order valence-electron chi connectivity index (χ0n) is 13.7. The van der Waals surface area contributed by atoms with Crippen LogP contribution in [0.1, 0.15) is 37.7 Å². The van der Waals surface area contributed by atoms with Crippen LogP contribution in [0, 0.1) is 23.2 Å². The van der Waals surface area contributed by atoms with Crippen LogP contribution in [0.3, 0.4) is 0 Å². The van der Waals surface area contributed by atoms with E-state index in [0.717, 1.165) is 37.7 Å². The molecule has 128 valence electrons. The highest BCUT2D eigenvalue weighted by molar-refractivity contribution is 5.81. The van der Waals surface area contributed by atoms with Gasteiger partial charge in [0.15, 0.2) is 0 Å². The van der Waals surface area contributed by atoms with Crippen molar-refractivity contribution in [1.82, 2.24) is 5.32 Å². The Morgan fingerprint density at radius 3 is 2.42 bits per heavy atom. The second-order valence-electron chi connectivity index (χ2n) is 7.85. The molecule has 1 unspecified atom stereocenters. The number of benzene rings is 1. The summed E-state index contributed by atoms with van der Waals surface area (Å²) in [7, 11) is 0. The Bertz CT molecular complexity index is 629. The standard InChI is InChI=1S/C19H24N2O3/c20-17(22)19-8-13-6-14(9-19)16(15(7-13)10-19)21-18(23)24-11-12-4-2-1-3-5-12/h1-5,13-16H,6-11H2,(H2,20,22)(H,21,23)/t13?,14-,15+,16-,19-. The Morgan fingerprint density at radius 1 is 1.12 bits per heavy atom. The monoisotopic (exact) mass is 328 g/mol. The molecule has 0 saturated heterocycles. The number of hydrogen-bond acceptors (Lipinski definition) is 3. The summed E-state index contributed by atoms with van der Waals surface area (Å²) in [6.45, 7) is 0.280. The van der Waals surface area contributed by atoms with Crippen molar-refractivity contribution in [3.8, 4) is 0 Å². The van der Waals surface area contributed by atoms with Crippen molar-refractivity contribution in [3.63, 3.8) is 0 Å². The van der Waals surface area contributed by atoms with Crippen molar-refractivity contribution < 1.29 is 14.3 Å². The van der Waals surface area contributed by atoms with Crippen LogP contribution >= 0.6 is 0 Å². The number of rotatable bonds is 4. The fraction of sp³-hybridized carbons (Fsp3) is 0.579. The maximum Gasteiger partial charge on any atom is 0.407 e. The van der Waals surface area contributed by atoms with Gasteiger partial charge in [-0.1, -0.05) is 30.3 Å². The summed E-state index contributed by atoms with van der Waals surface area (Å²) >= 11 is 0. The first-order valence-electron chi connectivity index (χ1n) is 8.83. The summed E-state index contributed by atoms with van der Waals surface area (Å²) in [4.78, 5) is 24.1. The second-order valence-corrected chi connectivity index (χ2v) is 7.85. The fourth-order valence-electron chi connectivity index (χ4n) is 5.46. The topological polar surface area (TPSA) is 81.4 Å². The smallest absolute Gasteiger partial charge is 0.407 e. The molecule has 4 bridgehead atoms. The highest BCUT2D eigenvalue weighted by atomic mass is 16.5. The third kappa shape index (κ3) is 2.66. The molecule has 5 rings (SSSR count). The molecule has 24 heavy (non-hydrogen) atoms. The van der Waals surface area contributed by atoms with Crippen LogP contribution in [-0.4, -0.2) is 18.0 Å². The van der Waals surface area contributed by atoms with Gasteiger partial charge in [-0.3, -0.25) is 4.79 Å². The number of hydrogen-bond donors (Lipinski definition) is 2. The van der Waals surface area contributed by atoms with Crippen molar-refractivity contribution in [3.05, 3.63) is 35.9 Å². The first-order chi connectivity index (χ1) is 11.6. The van der Waals surface area contributed by atoms with Crippen molar-refractivity contribution in [2.75, 3.05) is 0 Å². The summed E-state index contributed by atoms with van der Waals surface area (Å²) in [5, 5.41) is 3.08. The van der Waals surface area contributed by atoms with Gasteiger partial charge in [0.2, 0.25) is 5.91 Å². The molecule has 5 heteroatoms. The van der Waals surface area contributed by atoms with Crippen LogP contribution in [0.2, 0.25) is 0 Å². The SMILES string of the molecule is NC(=O)[C@]12CC3C[C@H](C1)[C@@H](NC(=O)OCc1ccccc1)[C@@H](C3)C2. The number of primary amides is 1. The minimum absolute atomic E-state index is 0.122. The predicted octanol–water partition coefficient (Wildman–Crippen LogP) is 2.59. The normalized spacial score (nSPS) is 36.3. The molecule has 0 radical (unpaired) electrons. The minimum Gasteiger partial charge on any atom is -0.445 e. The van der Waals surface area contributed by atoms with E-state index in [1.165, 1.54) is 0 Å². The van der Waals surface area contributed by atoms with Gasteiger partial charge in [-0.05, 0) is 55.4 Å². The number of carbonyl (C=O) groups is 2. The third-order valence-electron chi connectivity index (χ3n) is 6.29. The number of alkyl carbamates (subject to hydrolysis) is 1. The average Bonchev–Trinajstić information content (AvgIpc) is 2.56. The predicted molar refractivity (Wildman–Crippen MR) is 88.7 cm³/mol. The van der Waals surface area contributed by atoms with Crippen LogP contribution in [0.15, 0.2) is 30.3 Å².